The molecule has 0 fully saturated rings. The third-order valence-corrected chi connectivity index (χ3v) is 6.67. The zero-order valence-corrected chi connectivity index (χ0v) is 24.2. The van der Waals surface area contributed by atoms with E-state index in [2.05, 4.69) is 30.3 Å². The summed E-state index contributed by atoms with van der Waals surface area (Å²) in [5.41, 5.74) is 3.01. The van der Waals surface area contributed by atoms with Gasteiger partial charge in [-0.25, -0.2) is 14.6 Å². The number of esters is 1. The number of aryl methyl sites for hydroxylation is 1. The molecule has 12 heteroatoms. The van der Waals surface area contributed by atoms with Gasteiger partial charge in [-0.3, -0.25) is 0 Å². The van der Waals surface area contributed by atoms with Gasteiger partial charge in [0.2, 0.25) is 5.82 Å². The van der Waals surface area contributed by atoms with Gasteiger partial charge in [-0.2, -0.15) is 5.21 Å². The van der Waals surface area contributed by atoms with E-state index in [1.165, 1.54) is 6.92 Å². The summed E-state index contributed by atoms with van der Waals surface area (Å²) in [5, 5.41) is 34.2. The van der Waals surface area contributed by atoms with Gasteiger partial charge in [0.1, 0.15) is 29.5 Å². The number of allylic oxidation sites excluding steroid dienone is 1. The first kappa shape index (κ1) is 30.1. The topological polar surface area (TPSA) is 165 Å². The Balaban J connectivity index is 1.67. The molecule has 0 bridgehead atoms. The zero-order valence-electron chi connectivity index (χ0n) is 24.2. The van der Waals surface area contributed by atoms with Crippen LogP contribution in [0.3, 0.4) is 0 Å². The minimum atomic E-state index is -1.45. The van der Waals surface area contributed by atoms with Crippen LogP contribution in [0.15, 0.2) is 59.9 Å². The summed E-state index contributed by atoms with van der Waals surface area (Å²) < 4.78 is 12.0. The van der Waals surface area contributed by atoms with E-state index in [1.54, 1.807) is 25.3 Å². The Kier molecular flexibility index (Phi) is 9.16. The predicted octanol–water partition coefficient (Wildman–Crippen LogP) is 5.10. The molecule has 0 aliphatic rings. The number of imidazole rings is 1. The van der Waals surface area contributed by atoms with Crippen LogP contribution in [0.25, 0.3) is 22.5 Å². The van der Waals surface area contributed by atoms with Crippen molar-refractivity contribution in [2.24, 2.45) is 0 Å². The molecule has 0 radical (unpaired) electrons. The number of hydrogen-bond acceptors (Lipinski definition) is 9. The van der Waals surface area contributed by atoms with Gasteiger partial charge in [0.15, 0.2) is 5.69 Å². The van der Waals surface area contributed by atoms with E-state index < -0.39 is 17.7 Å². The molecule has 0 amide bonds. The Morgan fingerprint density at radius 2 is 1.74 bits per heavy atom. The van der Waals surface area contributed by atoms with E-state index in [1.807, 2.05) is 55.5 Å². The second kappa shape index (κ2) is 12.8. The normalized spacial score (nSPS) is 12.1. The fraction of sp³-hybridized carbons (Fsp3) is 0.333. The number of nitrogens with one attached hydrogen (secondary N) is 1. The van der Waals surface area contributed by atoms with Crippen LogP contribution in [0.4, 0.5) is 4.79 Å². The van der Waals surface area contributed by atoms with E-state index in [0.717, 1.165) is 28.7 Å². The second-order valence-electron chi connectivity index (χ2n) is 10.4. The van der Waals surface area contributed by atoms with Crippen LogP contribution in [0, 0.1) is 0 Å². The van der Waals surface area contributed by atoms with Crippen LogP contribution in [-0.2, 0) is 28.0 Å². The number of tetrazole rings is 1. The van der Waals surface area contributed by atoms with Gasteiger partial charge in [-0.05, 0) is 56.0 Å². The molecular weight excluding hydrogens is 540 g/mol. The Bertz CT molecular complexity index is 1580. The molecule has 3 N–H and O–H groups in total. The Morgan fingerprint density at radius 3 is 2.33 bits per heavy atom. The number of carboxylic acid groups (broad SMARTS) is 1. The maximum absolute atomic E-state index is 13.5. The van der Waals surface area contributed by atoms with E-state index in [0.29, 0.717) is 30.2 Å². The number of carbonyl (C=O) groups excluding carboxylic acids is 1. The molecule has 0 aliphatic carbocycles. The molecule has 0 atom stereocenters. The van der Waals surface area contributed by atoms with E-state index >= 15 is 0 Å². The molecule has 42 heavy (non-hydrogen) atoms. The smallest absolute Gasteiger partial charge is 0.456 e. The summed E-state index contributed by atoms with van der Waals surface area (Å²) >= 11 is 0. The highest BCUT2D eigenvalue weighted by molar-refractivity contribution is 5.89. The predicted molar refractivity (Wildman–Crippen MR) is 153 cm³/mol. The van der Waals surface area contributed by atoms with Gasteiger partial charge < -0.3 is 24.3 Å². The van der Waals surface area contributed by atoms with Crippen LogP contribution in [-0.4, -0.2) is 59.1 Å². The molecule has 2 aromatic carbocycles. The zero-order chi connectivity index (χ0) is 30.4. The van der Waals surface area contributed by atoms with Crippen molar-refractivity contribution in [1.29, 1.82) is 0 Å². The third-order valence-electron chi connectivity index (χ3n) is 6.67. The quantitative estimate of drug-likeness (QED) is 0.162. The molecule has 0 aliphatic heterocycles. The second-order valence-corrected chi connectivity index (χ2v) is 10.4. The molecule has 2 aromatic heterocycles. The lowest BCUT2D eigenvalue weighted by Crippen LogP contribution is -2.24. The van der Waals surface area contributed by atoms with E-state index in [-0.39, 0.29) is 23.8 Å². The number of aromatic amines is 1. The molecule has 0 saturated heterocycles. The summed E-state index contributed by atoms with van der Waals surface area (Å²) in [6, 6.07) is 15.7. The molecule has 4 rings (SSSR count). The minimum Gasteiger partial charge on any atom is -0.456 e. The number of ether oxygens (including phenoxy) is 2. The number of aromatic nitrogens is 6. The lowest BCUT2D eigenvalue weighted by Gasteiger charge is -2.18. The van der Waals surface area contributed by atoms with Crippen molar-refractivity contribution >= 4 is 12.1 Å². The molecule has 4 aromatic rings. The third kappa shape index (κ3) is 6.89. The molecule has 0 unspecified atom stereocenters. The molecule has 0 spiro atoms. The number of H-pyrrole nitrogens is 1. The van der Waals surface area contributed by atoms with E-state index in [9.17, 15) is 14.7 Å². The number of rotatable bonds is 11. The minimum absolute atomic E-state index is 0.124. The van der Waals surface area contributed by atoms with Crippen molar-refractivity contribution in [1.82, 2.24) is 30.2 Å². The number of nitrogens with zero attached hydrogens (tertiary/aromatic N) is 5. The van der Waals surface area contributed by atoms with Crippen LogP contribution in [0.5, 0.6) is 0 Å². The van der Waals surface area contributed by atoms with Crippen LogP contribution < -0.4 is 0 Å². The lowest BCUT2D eigenvalue weighted by molar-refractivity contribution is 0.0477. The van der Waals surface area contributed by atoms with Crippen LogP contribution in [0.2, 0.25) is 0 Å². The lowest BCUT2D eigenvalue weighted by atomic mass is 9.98. The highest BCUT2D eigenvalue weighted by Gasteiger charge is 2.32. The first-order chi connectivity index (χ1) is 20.0. The van der Waals surface area contributed by atoms with Crippen LogP contribution >= 0.6 is 0 Å². The van der Waals surface area contributed by atoms with Crippen molar-refractivity contribution in [3.05, 3.63) is 82.6 Å². The summed E-state index contributed by atoms with van der Waals surface area (Å²) in [6.07, 6.45) is -0.0956. The maximum Gasteiger partial charge on any atom is 0.511 e. The van der Waals surface area contributed by atoms with Gasteiger partial charge in [0.05, 0.1) is 0 Å². The Morgan fingerprint density at radius 1 is 1.05 bits per heavy atom. The molecule has 12 nitrogen and oxygen atoms in total. The molecular formula is C30H34N6O6. The fourth-order valence-electron chi connectivity index (χ4n) is 4.46. The molecule has 0 saturated carbocycles. The number of aliphatic hydroxyl groups is 1. The number of carbonyl (C=O) groups is 2. The van der Waals surface area contributed by atoms with Crippen molar-refractivity contribution in [3.8, 4) is 22.5 Å². The van der Waals surface area contributed by atoms with Gasteiger partial charge in [0.25, 0.3) is 0 Å². The van der Waals surface area contributed by atoms with Crippen molar-refractivity contribution in [2.75, 3.05) is 6.61 Å². The van der Waals surface area contributed by atoms with Crippen molar-refractivity contribution in [3.63, 3.8) is 0 Å². The molecule has 2 heterocycles. The summed E-state index contributed by atoms with van der Waals surface area (Å²) in [7, 11) is 0. The Labute approximate surface area is 243 Å². The number of hydrogen-bond donors (Lipinski definition) is 3. The average Bonchev–Trinajstić information content (AvgIpc) is 3.61. The van der Waals surface area contributed by atoms with Crippen molar-refractivity contribution < 1.29 is 29.3 Å². The van der Waals surface area contributed by atoms with Gasteiger partial charge >= 0.3 is 12.1 Å². The average molecular weight is 575 g/mol. The summed E-state index contributed by atoms with van der Waals surface area (Å²) in [6.45, 7) is 8.36. The fourth-order valence-corrected chi connectivity index (χ4v) is 4.46. The summed E-state index contributed by atoms with van der Waals surface area (Å²) in [4.78, 5) is 29.0. The Hall–Kier alpha value is -4.84. The summed E-state index contributed by atoms with van der Waals surface area (Å²) in [5.74, 6) is 0.578. The highest BCUT2D eigenvalue weighted by Crippen LogP contribution is 2.31. The first-order valence-electron chi connectivity index (χ1n) is 13.5. The van der Waals surface area contributed by atoms with Crippen LogP contribution in [0.1, 0.15) is 68.6 Å². The number of benzene rings is 2. The highest BCUT2D eigenvalue weighted by atomic mass is 16.7. The SMILES string of the molecule is CCCc1nc(C(C)(C)O)c(C(=O)OC/C(C)=C(\C)OC(=O)O)n1Cc1ccc(-c2ccccc2-c2nn[nH]n2)cc1. The first-order valence-corrected chi connectivity index (χ1v) is 13.5. The van der Waals surface area contributed by atoms with E-state index in [4.69, 9.17) is 9.84 Å². The van der Waals surface area contributed by atoms with Gasteiger partial charge in [0, 0.05) is 24.1 Å². The van der Waals surface area contributed by atoms with Gasteiger partial charge in [-0.1, -0.05) is 55.5 Å². The molecule has 220 valence electrons. The standard InChI is InChI=1S/C30H34N6O6/c1-6-9-24-31-26(30(4,5)40)25(28(37)41-17-18(2)19(3)42-29(38)39)36(24)16-20-12-14-21(15-13-20)22-10-7-8-11-23(22)27-32-34-35-33-27/h7-8,10-15,40H,6,9,16-17H2,1-5H3,(H,38,39)(H,32,33,34,35)/b19-18+. The monoisotopic (exact) mass is 574 g/mol. The largest absolute Gasteiger partial charge is 0.511 e. The van der Waals surface area contributed by atoms with Gasteiger partial charge in [-0.15, -0.1) is 10.2 Å². The van der Waals surface area contributed by atoms with Crippen molar-refractivity contribution in [2.45, 2.75) is 59.6 Å². The maximum atomic E-state index is 13.5.